The molecule has 1 saturated carbocycles. The van der Waals surface area contributed by atoms with Gasteiger partial charge in [0.05, 0.1) is 6.26 Å². The van der Waals surface area contributed by atoms with E-state index in [1.54, 1.807) is 25.1 Å². The largest absolute Gasteiger partial charge is 0.469 e. The van der Waals surface area contributed by atoms with E-state index in [-0.39, 0.29) is 0 Å². The predicted molar refractivity (Wildman–Crippen MR) is 109 cm³/mol. The number of nitrogens with zero attached hydrogens (tertiary/aromatic N) is 4. The van der Waals surface area contributed by atoms with Crippen LogP contribution in [0, 0.1) is 0 Å². The lowest BCUT2D eigenvalue weighted by molar-refractivity contribution is 0.460. The Hall–Kier alpha value is -1.96. The number of hydrogen-bond acceptors (Lipinski definition) is 5. The first-order valence-corrected chi connectivity index (χ1v) is 11.0. The summed E-state index contributed by atoms with van der Waals surface area (Å²) in [7, 11) is 1.80. The number of nitrogens with one attached hydrogen (secondary N) is 2. The quantitative estimate of drug-likeness (QED) is 0.296. The summed E-state index contributed by atoms with van der Waals surface area (Å²) >= 11 is 1.70. The van der Waals surface area contributed by atoms with E-state index in [0.29, 0.717) is 6.04 Å². The average Bonchev–Trinajstić information content (AvgIpc) is 3.44. The van der Waals surface area contributed by atoms with Gasteiger partial charge in [0.1, 0.15) is 11.6 Å². The minimum absolute atomic E-state index is 0.585. The fourth-order valence-corrected chi connectivity index (χ4v) is 4.15. The maximum atomic E-state index is 5.34. The molecule has 0 aromatic carbocycles. The van der Waals surface area contributed by atoms with E-state index in [4.69, 9.17) is 4.42 Å². The van der Waals surface area contributed by atoms with Crippen LogP contribution < -0.4 is 10.6 Å². The fourth-order valence-electron chi connectivity index (χ4n) is 3.58. The molecule has 0 saturated heterocycles. The standard InChI is InChI=1S/C19H30N6OS/c1-20-18(22-13-11-16-9-6-14-26-16)21-12-5-10-17-23-24-19(27-2)25(17)15-7-3-4-8-15/h6,9,14-15H,3-5,7-8,10-13H2,1-2H3,(H2,20,21,22). The zero-order valence-electron chi connectivity index (χ0n) is 16.3. The summed E-state index contributed by atoms with van der Waals surface area (Å²) in [6.07, 6.45) is 11.7. The second-order valence-electron chi connectivity index (χ2n) is 6.77. The van der Waals surface area contributed by atoms with Gasteiger partial charge < -0.3 is 19.6 Å². The van der Waals surface area contributed by atoms with Crippen LogP contribution >= 0.6 is 11.8 Å². The lowest BCUT2D eigenvalue weighted by atomic mass is 10.2. The van der Waals surface area contributed by atoms with Gasteiger partial charge in [-0.3, -0.25) is 4.99 Å². The highest BCUT2D eigenvalue weighted by molar-refractivity contribution is 7.98. The van der Waals surface area contributed by atoms with Gasteiger partial charge in [-0.2, -0.15) is 0 Å². The molecule has 0 aliphatic heterocycles. The zero-order chi connectivity index (χ0) is 18.9. The highest BCUT2D eigenvalue weighted by Gasteiger charge is 2.23. The third kappa shape index (κ3) is 5.51. The molecule has 2 aromatic heterocycles. The van der Waals surface area contributed by atoms with Crippen LogP contribution in [-0.4, -0.2) is 47.1 Å². The summed E-state index contributed by atoms with van der Waals surface area (Å²) in [5, 5.41) is 16.6. The molecule has 0 atom stereocenters. The Morgan fingerprint density at radius 3 is 2.78 bits per heavy atom. The molecule has 0 amide bonds. The molecule has 1 aliphatic carbocycles. The van der Waals surface area contributed by atoms with Gasteiger partial charge in [-0.25, -0.2) is 0 Å². The van der Waals surface area contributed by atoms with Gasteiger partial charge >= 0.3 is 0 Å². The Labute approximate surface area is 165 Å². The van der Waals surface area contributed by atoms with E-state index in [1.807, 2.05) is 12.1 Å². The van der Waals surface area contributed by atoms with Crippen molar-refractivity contribution >= 4 is 17.7 Å². The van der Waals surface area contributed by atoms with Crippen LogP contribution in [0.5, 0.6) is 0 Å². The van der Waals surface area contributed by atoms with Gasteiger partial charge in [0.15, 0.2) is 11.1 Å². The number of furan rings is 1. The van der Waals surface area contributed by atoms with Gasteiger partial charge in [0, 0.05) is 39.0 Å². The van der Waals surface area contributed by atoms with Crippen molar-refractivity contribution in [3.05, 3.63) is 30.0 Å². The van der Waals surface area contributed by atoms with Crippen LogP contribution in [0.1, 0.15) is 49.7 Å². The average molecular weight is 391 g/mol. The maximum absolute atomic E-state index is 5.34. The van der Waals surface area contributed by atoms with Gasteiger partial charge in [-0.05, 0) is 37.7 Å². The van der Waals surface area contributed by atoms with Crippen molar-refractivity contribution in [3.8, 4) is 0 Å². The molecule has 1 fully saturated rings. The summed E-state index contributed by atoms with van der Waals surface area (Å²) in [5.74, 6) is 2.92. The van der Waals surface area contributed by atoms with E-state index < -0.39 is 0 Å². The van der Waals surface area contributed by atoms with Crippen LogP contribution in [0.3, 0.4) is 0 Å². The zero-order valence-corrected chi connectivity index (χ0v) is 17.1. The van der Waals surface area contributed by atoms with Crippen molar-refractivity contribution in [1.29, 1.82) is 0 Å². The van der Waals surface area contributed by atoms with Gasteiger partial charge in [-0.1, -0.05) is 24.6 Å². The minimum Gasteiger partial charge on any atom is -0.469 e. The molecule has 0 unspecified atom stereocenters. The van der Waals surface area contributed by atoms with E-state index in [2.05, 4.69) is 36.6 Å². The fraction of sp³-hybridized carbons (Fsp3) is 0.632. The molecule has 0 bridgehead atoms. The summed E-state index contributed by atoms with van der Waals surface area (Å²) in [6, 6.07) is 4.48. The SMILES string of the molecule is CN=C(NCCCc1nnc(SC)n1C1CCCC1)NCCc1ccco1. The van der Waals surface area contributed by atoms with Crippen LogP contribution in [-0.2, 0) is 12.8 Å². The van der Waals surface area contributed by atoms with Gasteiger partial charge in [0.2, 0.25) is 0 Å². The Morgan fingerprint density at radius 1 is 1.26 bits per heavy atom. The van der Waals surface area contributed by atoms with Crippen molar-refractivity contribution < 1.29 is 4.42 Å². The molecule has 1 aliphatic rings. The smallest absolute Gasteiger partial charge is 0.191 e. The van der Waals surface area contributed by atoms with Crippen molar-refractivity contribution in [1.82, 2.24) is 25.4 Å². The Morgan fingerprint density at radius 2 is 2.07 bits per heavy atom. The number of aromatic nitrogens is 3. The molecule has 8 heteroatoms. The van der Waals surface area contributed by atoms with Crippen LogP contribution in [0.4, 0.5) is 0 Å². The van der Waals surface area contributed by atoms with Crippen molar-refractivity contribution in [2.45, 2.75) is 56.1 Å². The van der Waals surface area contributed by atoms with E-state index >= 15 is 0 Å². The van der Waals surface area contributed by atoms with Gasteiger partial charge in [0.25, 0.3) is 0 Å². The van der Waals surface area contributed by atoms with Crippen LogP contribution in [0.2, 0.25) is 0 Å². The monoisotopic (exact) mass is 390 g/mol. The first kappa shape index (κ1) is 19.8. The first-order valence-electron chi connectivity index (χ1n) is 9.76. The molecule has 2 heterocycles. The number of guanidine groups is 1. The second-order valence-corrected chi connectivity index (χ2v) is 7.54. The van der Waals surface area contributed by atoms with Crippen molar-refractivity contribution in [3.63, 3.8) is 0 Å². The molecular formula is C19H30N6OS. The van der Waals surface area contributed by atoms with Gasteiger partial charge in [-0.15, -0.1) is 10.2 Å². The normalized spacial score (nSPS) is 15.4. The first-order chi connectivity index (χ1) is 13.3. The Kier molecular flexibility index (Phi) is 7.62. The summed E-state index contributed by atoms with van der Waals surface area (Å²) in [4.78, 5) is 4.28. The summed E-state index contributed by atoms with van der Waals surface area (Å²) < 4.78 is 7.73. The molecule has 148 valence electrons. The van der Waals surface area contributed by atoms with E-state index in [0.717, 1.165) is 55.1 Å². The highest BCUT2D eigenvalue weighted by Crippen LogP contribution is 2.33. The molecule has 2 aromatic rings. The third-order valence-corrected chi connectivity index (χ3v) is 5.59. The molecular weight excluding hydrogens is 360 g/mol. The lowest BCUT2D eigenvalue weighted by Crippen LogP contribution is -2.38. The number of aryl methyl sites for hydroxylation is 1. The Balaban J connectivity index is 1.42. The lowest BCUT2D eigenvalue weighted by Gasteiger charge is -2.16. The minimum atomic E-state index is 0.585. The van der Waals surface area contributed by atoms with E-state index in [9.17, 15) is 0 Å². The number of hydrogen-bond donors (Lipinski definition) is 2. The topological polar surface area (TPSA) is 80.3 Å². The molecule has 0 radical (unpaired) electrons. The molecule has 2 N–H and O–H groups in total. The van der Waals surface area contributed by atoms with Crippen LogP contribution in [0.25, 0.3) is 0 Å². The highest BCUT2D eigenvalue weighted by atomic mass is 32.2. The maximum Gasteiger partial charge on any atom is 0.191 e. The summed E-state index contributed by atoms with van der Waals surface area (Å²) in [5.41, 5.74) is 0. The number of aliphatic imine (C=N–C) groups is 1. The second kappa shape index (κ2) is 10.4. The Bertz CT molecular complexity index is 706. The number of rotatable bonds is 9. The van der Waals surface area contributed by atoms with Crippen molar-refractivity contribution in [2.24, 2.45) is 4.99 Å². The third-order valence-electron chi connectivity index (χ3n) is 4.94. The molecule has 0 spiro atoms. The molecule has 27 heavy (non-hydrogen) atoms. The predicted octanol–water partition coefficient (Wildman–Crippen LogP) is 3.05. The van der Waals surface area contributed by atoms with E-state index in [1.165, 1.54) is 25.7 Å². The summed E-state index contributed by atoms with van der Waals surface area (Å²) in [6.45, 7) is 1.65. The van der Waals surface area contributed by atoms with Crippen molar-refractivity contribution in [2.75, 3.05) is 26.4 Å². The van der Waals surface area contributed by atoms with Crippen LogP contribution in [0.15, 0.2) is 33.0 Å². The molecule has 3 rings (SSSR count). The molecule has 7 nitrogen and oxygen atoms in total. The number of thioether (sulfide) groups is 1.